The molecule has 0 aliphatic rings. The zero-order valence-corrected chi connectivity index (χ0v) is 14.4. The van der Waals surface area contributed by atoms with Gasteiger partial charge in [0.25, 0.3) is 11.8 Å². The Hall–Kier alpha value is -2.25. The second-order valence-corrected chi connectivity index (χ2v) is 6.75. The Balaban J connectivity index is 1.99. The third-order valence-electron chi connectivity index (χ3n) is 3.71. The van der Waals surface area contributed by atoms with Crippen LogP contribution in [0.4, 0.5) is 9.39 Å². The number of halogens is 1. The molecule has 2 amide bonds. The highest BCUT2D eigenvalue weighted by molar-refractivity contribution is 7.14. The maximum Gasteiger partial charge on any atom is 0.280 e. The number of nitrogens with two attached hydrogens (primary N) is 2. The van der Waals surface area contributed by atoms with E-state index in [-0.39, 0.29) is 30.2 Å². The summed E-state index contributed by atoms with van der Waals surface area (Å²) in [6, 6.07) is 7.93. The van der Waals surface area contributed by atoms with E-state index >= 15 is 0 Å². The van der Waals surface area contributed by atoms with Gasteiger partial charge in [-0.3, -0.25) is 9.59 Å². The van der Waals surface area contributed by atoms with Crippen molar-refractivity contribution in [3.8, 4) is 0 Å². The first-order chi connectivity index (χ1) is 11.4. The minimum Gasteiger partial charge on any atom is -0.366 e. The van der Waals surface area contributed by atoms with Crippen molar-refractivity contribution < 1.29 is 19.3 Å². The van der Waals surface area contributed by atoms with Crippen molar-refractivity contribution in [2.75, 3.05) is 11.9 Å². The van der Waals surface area contributed by atoms with Crippen LogP contribution < -0.4 is 16.4 Å². The summed E-state index contributed by atoms with van der Waals surface area (Å²) in [5, 5.41) is 6.79. The number of nitrogens with one attached hydrogen (secondary N) is 1. The molecule has 5 nitrogen and oxygen atoms in total. The lowest BCUT2D eigenvalue weighted by molar-refractivity contribution is -0.692. The molecule has 0 saturated carbocycles. The predicted molar refractivity (Wildman–Crippen MR) is 92.2 cm³/mol. The highest BCUT2D eigenvalue weighted by Gasteiger charge is 2.21. The molecule has 0 radical (unpaired) electrons. The third kappa shape index (κ3) is 4.62. The number of hydrogen-bond donors (Lipinski definition) is 3. The monoisotopic (exact) mass is 350 g/mol. The molecule has 0 bridgehead atoms. The van der Waals surface area contributed by atoms with E-state index in [9.17, 15) is 14.0 Å². The Bertz CT molecular complexity index is 713. The van der Waals surface area contributed by atoms with Crippen molar-refractivity contribution in [1.29, 1.82) is 0 Å². The maximum absolute atomic E-state index is 13.1. The lowest BCUT2D eigenvalue weighted by Gasteiger charge is -2.19. The molecule has 0 fully saturated rings. The van der Waals surface area contributed by atoms with Gasteiger partial charge in [-0.05, 0) is 23.6 Å². The number of carbonyl (C=O) groups is 2. The summed E-state index contributed by atoms with van der Waals surface area (Å²) in [4.78, 5) is 23.4. The minimum absolute atomic E-state index is 0.0373. The smallest absolute Gasteiger partial charge is 0.280 e. The molecule has 0 aliphatic carbocycles. The van der Waals surface area contributed by atoms with Gasteiger partial charge in [-0.1, -0.05) is 26.0 Å². The van der Waals surface area contributed by atoms with Gasteiger partial charge in [0, 0.05) is 11.5 Å². The molecular weight excluding hydrogens is 329 g/mol. The Morgan fingerprint density at radius 1 is 1.25 bits per heavy atom. The number of primary amides is 1. The van der Waals surface area contributed by atoms with Gasteiger partial charge in [-0.25, -0.2) is 4.39 Å². The zero-order chi connectivity index (χ0) is 17.7. The van der Waals surface area contributed by atoms with Crippen molar-refractivity contribution in [3.63, 3.8) is 0 Å². The number of quaternary nitrogens is 1. The molecule has 1 aromatic heterocycles. The fourth-order valence-electron chi connectivity index (χ4n) is 2.49. The quantitative estimate of drug-likeness (QED) is 0.712. The van der Waals surface area contributed by atoms with Gasteiger partial charge < -0.3 is 16.4 Å². The Kier molecular flexibility index (Phi) is 6.05. The first-order valence-corrected chi connectivity index (χ1v) is 8.52. The van der Waals surface area contributed by atoms with Gasteiger partial charge in [0.1, 0.15) is 16.9 Å². The molecule has 0 unspecified atom stereocenters. The molecule has 0 saturated heterocycles. The first kappa shape index (κ1) is 18.1. The summed E-state index contributed by atoms with van der Waals surface area (Å²) >= 11 is 1.26. The maximum atomic E-state index is 13.1. The normalized spacial score (nSPS) is 12.2. The summed E-state index contributed by atoms with van der Waals surface area (Å²) in [6.07, 6.45) is 0. The van der Waals surface area contributed by atoms with Crippen LogP contribution in [0.1, 0.15) is 35.8 Å². The van der Waals surface area contributed by atoms with Gasteiger partial charge in [-0.15, -0.1) is 11.3 Å². The van der Waals surface area contributed by atoms with E-state index in [0.29, 0.717) is 10.6 Å². The van der Waals surface area contributed by atoms with Gasteiger partial charge in [0.2, 0.25) is 0 Å². The molecule has 1 aromatic carbocycles. The average molecular weight is 350 g/mol. The molecular formula is C17H21FN3O2S+. The van der Waals surface area contributed by atoms with E-state index in [1.165, 1.54) is 23.5 Å². The predicted octanol–water partition coefficient (Wildman–Crippen LogP) is 1.89. The number of anilines is 1. The molecule has 1 heterocycles. The summed E-state index contributed by atoms with van der Waals surface area (Å²) in [5.41, 5.74) is 6.54. The SMILES string of the molecule is CC(C)[C@H]([NH2+]CC(=O)Nc1sccc1C(N)=O)c1ccc(F)cc1. The van der Waals surface area contributed by atoms with E-state index in [4.69, 9.17) is 5.73 Å². The van der Waals surface area contributed by atoms with Crippen molar-refractivity contribution in [1.82, 2.24) is 0 Å². The van der Waals surface area contributed by atoms with E-state index in [2.05, 4.69) is 5.32 Å². The minimum atomic E-state index is -0.568. The third-order valence-corrected chi connectivity index (χ3v) is 4.54. The van der Waals surface area contributed by atoms with Crippen LogP contribution in [0.25, 0.3) is 0 Å². The highest BCUT2D eigenvalue weighted by atomic mass is 32.1. The summed E-state index contributed by atoms with van der Waals surface area (Å²) in [6.45, 7) is 4.29. The Morgan fingerprint density at radius 2 is 1.92 bits per heavy atom. The van der Waals surface area contributed by atoms with Crippen LogP contribution in [0.3, 0.4) is 0 Å². The van der Waals surface area contributed by atoms with Crippen LogP contribution in [-0.2, 0) is 4.79 Å². The molecule has 128 valence electrons. The molecule has 0 spiro atoms. The number of carbonyl (C=O) groups excluding carboxylic acids is 2. The number of benzene rings is 1. The lowest BCUT2D eigenvalue weighted by Crippen LogP contribution is -2.88. The van der Waals surface area contributed by atoms with E-state index < -0.39 is 5.91 Å². The van der Waals surface area contributed by atoms with Crippen molar-refractivity contribution in [3.05, 3.63) is 52.7 Å². The fraction of sp³-hybridized carbons (Fsp3) is 0.294. The summed E-state index contributed by atoms with van der Waals surface area (Å²) in [5.74, 6) is -0.795. The number of rotatable bonds is 7. The van der Waals surface area contributed by atoms with Crippen LogP contribution in [-0.4, -0.2) is 18.4 Å². The van der Waals surface area contributed by atoms with Crippen LogP contribution in [0.5, 0.6) is 0 Å². The van der Waals surface area contributed by atoms with E-state index in [1.807, 2.05) is 19.2 Å². The van der Waals surface area contributed by atoms with Gasteiger partial charge >= 0.3 is 0 Å². The Morgan fingerprint density at radius 3 is 2.50 bits per heavy atom. The van der Waals surface area contributed by atoms with Gasteiger partial charge in [0.15, 0.2) is 6.54 Å². The fourth-order valence-corrected chi connectivity index (χ4v) is 3.30. The van der Waals surface area contributed by atoms with Crippen molar-refractivity contribution in [2.45, 2.75) is 19.9 Å². The second-order valence-electron chi connectivity index (χ2n) is 5.84. The number of thiophene rings is 1. The van der Waals surface area contributed by atoms with Crippen LogP contribution in [0, 0.1) is 11.7 Å². The number of hydrogen-bond acceptors (Lipinski definition) is 3. The van der Waals surface area contributed by atoms with Crippen molar-refractivity contribution >= 4 is 28.2 Å². The molecule has 5 N–H and O–H groups in total. The van der Waals surface area contributed by atoms with E-state index in [1.54, 1.807) is 23.6 Å². The first-order valence-electron chi connectivity index (χ1n) is 7.64. The average Bonchev–Trinajstić information content (AvgIpc) is 2.97. The topological polar surface area (TPSA) is 88.8 Å². The largest absolute Gasteiger partial charge is 0.366 e. The summed E-state index contributed by atoms with van der Waals surface area (Å²) < 4.78 is 13.1. The molecule has 2 aromatic rings. The highest BCUT2D eigenvalue weighted by Crippen LogP contribution is 2.22. The summed E-state index contributed by atoms with van der Waals surface area (Å²) in [7, 11) is 0. The van der Waals surface area contributed by atoms with E-state index in [0.717, 1.165) is 5.56 Å². The zero-order valence-electron chi connectivity index (χ0n) is 13.6. The van der Waals surface area contributed by atoms with Crippen LogP contribution >= 0.6 is 11.3 Å². The van der Waals surface area contributed by atoms with Crippen molar-refractivity contribution in [2.24, 2.45) is 11.7 Å². The van der Waals surface area contributed by atoms with Gasteiger partial charge in [-0.2, -0.15) is 0 Å². The molecule has 1 atom stereocenters. The number of amides is 2. The van der Waals surface area contributed by atoms with Crippen LogP contribution in [0.2, 0.25) is 0 Å². The molecule has 2 rings (SSSR count). The second kappa shape index (κ2) is 8.03. The van der Waals surface area contributed by atoms with Crippen LogP contribution in [0.15, 0.2) is 35.7 Å². The lowest BCUT2D eigenvalue weighted by atomic mass is 9.96. The standard InChI is InChI=1S/C17H20FN3O2S/c1-10(2)15(11-3-5-12(18)6-4-11)20-9-14(22)21-17-13(16(19)23)7-8-24-17/h3-8,10,15,20H,9H2,1-2H3,(H2,19,23)(H,21,22)/p+1/t15-/m0/s1. The molecule has 24 heavy (non-hydrogen) atoms. The molecule has 0 aliphatic heterocycles. The Labute approximate surface area is 144 Å². The molecule has 7 heteroatoms. The van der Waals surface area contributed by atoms with Gasteiger partial charge in [0.05, 0.1) is 5.56 Å².